The lowest BCUT2D eigenvalue weighted by Gasteiger charge is -2.33. The van der Waals surface area contributed by atoms with Crippen molar-refractivity contribution in [3.05, 3.63) is 4.91 Å². The van der Waals surface area contributed by atoms with Gasteiger partial charge in [0.1, 0.15) is 0 Å². The second-order valence-electron chi connectivity index (χ2n) is 3.41. The van der Waals surface area contributed by atoms with Crippen molar-refractivity contribution < 1.29 is 4.84 Å². The van der Waals surface area contributed by atoms with Crippen LogP contribution < -0.4 is 0 Å². The Labute approximate surface area is 73.8 Å². The molecule has 4 nitrogen and oxygen atoms in total. The number of nitrogens with zero attached hydrogens (tertiary/aromatic N) is 2. The zero-order valence-electron chi connectivity index (χ0n) is 8.44. The molecule has 0 aromatic carbocycles. The van der Waals surface area contributed by atoms with Gasteiger partial charge in [0.2, 0.25) is 0 Å². The first-order valence-electron chi connectivity index (χ1n) is 4.26. The Kier molecular flexibility index (Phi) is 4.81. The average molecular weight is 174 g/mol. The van der Waals surface area contributed by atoms with Gasteiger partial charge in [-0.3, -0.25) is 4.90 Å². The lowest BCUT2D eigenvalue weighted by atomic mass is 10.2. The zero-order valence-corrected chi connectivity index (χ0v) is 8.44. The summed E-state index contributed by atoms with van der Waals surface area (Å²) in [6, 6.07) is 0.698. The standard InChI is InChI=1S/C8H18N2O2/c1-6(2)10(7(3)4)8(5)12-9-11/h6-8H,1-5H3. The summed E-state index contributed by atoms with van der Waals surface area (Å²) >= 11 is 0. The monoisotopic (exact) mass is 174 g/mol. The molecule has 12 heavy (non-hydrogen) atoms. The number of hydrogen-bond acceptors (Lipinski definition) is 4. The Morgan fingerprint density at radius 1 is 1.08 bits per heavy atom. The molecule has 0 aliphatic rings. The molecule has 0 saturated heterocycles. The average Bonchev–Trinajstić information content (AvgIpc) is 1.85. The fraction of sp³-hybridized carbons (Fsp3) is 1.00. The highest BCUT2D eigenvalue weighted by Gasteiger charge is 2.21. The highest BCUT2D eigenvalue weighted by molar-refractivity contribution is 4.68. The van der Waals surface area contributed by atoms with Crippen LogP contribution in [0.4, 0.5) is 0 Å². The Bertz CT molecular complexity index is 129. The van der Waals surface area contributed by atoms with Crippen molar-refractivity contribution in [3.8, 4) is 0 Å². The smallest absolute Gasteiger partial charge is 0.182 e. The van der Waals surface area contributed by atoms with E-state index in [9.17, 15) is 4.91 Å². The predicted octanol–water partition coefficient (Wildman–Crippen LogP) is 2.15. The Morgan fingerprint density at radius 3 is 1.75 bits per heavy atom. The van der Waals surface area contributed by atoms with E-state index in [1.165, 1.54) is 0 Å². The molecule has 0 bridgehead atoms. The summed E-state index contributed by atoms with van der Waals surface area (Å²) < 4.78 is 0. The van der Waals surface area contributed by atoms with Gasteiger partial charge in [-0.15, -0.1) is 4.91 Å². The molecule has 0 aromatic heterocycles. The van der Waals surface area contributed by atoms with Gasteiger partial charge in [0.05, 0.1) is 0 Å². The maximum absolute atomic E-state index is 9.87. The molecule has 0 aliphatic heterocycles. The van der Waals surface area contributed by atoms with E-state index in [2.05, 4.69) is 42.8 Å². The van der Waals surface area contributed by atoms with Crippen LogP contribution in [0.5, 0.6) is 0 Å². The maximum atomic E-state index is 9.87. The molecule has 4 heteroatoms. The highest BCUT2D eigenvalue weighted by Crippen LogP contribution is 2.11. The minimum absolute atomic E-state index is 0.248. The zero-order chi connectivity index (χ0) is 9.72. The molecule has 0 heterocycles. The van der Waals surface area contributed by atoms with Gasteiger partial charge in [-0.2, -0.15) is 0 Å². The van der Waals surface area contributed by atoms with Crippen molar-refractivity contribution in [1.82, 2.24) is 4.90 Å². The summed E-state index contributed by atoms with van der Waals surface area (Å²) in [4.78, 5) is 16.6. The molecule has 72 valence electrons. The molecule has 0 radical (unpaired) electrons. The molecule has 0 saturated carbocycles. The molecule has 0 aromatic rings. The fourth-order valence-corrected chi connectivity index (χ4v) is 1.55. The van der Waals surface area contributed by atoms with E-state index in [1.54, 1.807) is 0 Å². The number of rotatable bonds is 5. The first kappa shape index (κ1) is 11.4. The van der Waals surface area contributed by atoms with Crippen LogP contribution in [-0.2, 0) is 4.84 Å². The second kappa shape index (κ2) is 5.09. The van der Waals surface area contributed by atoms with Crippen molar-refractivity contribution in [2.75, 3.05) is 0 Å². The Morgan fingerprint density at radius 2 is 1.50 bits per heavy atom. The van der Waals surface area contributed by atoms with Gasteiger partial charge in [0.15, 0.2) is 11.6 Å². The van der Waals surface area contributed by atoms with Crippen molar-refractivity contribution in [1.29, 1.82) is 0 Å². The topological polar surface area (TPSA) is 41.9 Å². The van der Waals surface area contributed by atoms with Gasteiger partial charge in [-0.1, -0.05) is 0 Å². The van der Waals surface area contributed by atoms with Gasteiger partial charge in [-0.25, -0.2) is 0 Å². The van der Waals surface area contributed by atoms with Gasteiger partial charge < -0.3 is 4.84 Å². The lowest BCUT2D eigenvalue weighted by molar-refractivity contribution is -0.0771. The third-order valence-corrected chi connectivity index (χ3v) is 1.81. The lowest BCUT2D eigenvalue weighted by Crippen LogP contribution is -2.44. The molecule has 0 N–H and O–H groups in total. The normalized spacial score (nSPS) is 14.0. The highest BCUT2D eigenvalue weighted by atomic mass is 16.7. The minimum atomic E-state index is -0.248. The second-order valence-corrected chi connectivity index (χ2v) is 3.41. The van der Waals surface area contributed by atoms with Gasteiger partial charge in [0.25, 0.3) is 0 Å². The molecule has 0 fully saturated rings. The SMILES string of the molecule is CC(C)N(C(C)C)C(C)ON=O. The van der Waals surface area contributed by atoms with Crippen LogP contribution in [0.1, 0.15) is 34.6 Å². The molecule has 1 unspecified atom stereocenters. The van der Waals surface area contributed by atoms with Crippen LogP contribution in [0.2, 0.25) is 0 Å². The summed E-state index contributed by atoms with van der Waals surface area (Å²) in [5, 5.41) is 2.43. The molecule has 0 rings (SSSR count). The summed E-state index contributed by atoms with van der Waals surface area (Å²) in [5.41, 5.74) is 0. The summed E-state index contributed by atoms with van der Waals surface area (Å²) in [5.74, 6) is 0. The quantitative estimate of drug-likeness (QED) is 0.364. The van der Waals surface area contributed by atoms with E-state index in [0.717, 1.165) is 0 Å². The van der Waals surface area contributed by atoms with E-state index in [4.69, 9.17) is 0 Å². The predicted molar refractivity (Wildman–Crippen MR) is 48.5 cm³/mol. The third kappa shape index (κ3) is 3.17. The van der Waals surface area contributed by atoms with Crippen LogP contribution in [-0.4, -0.2) is 23.2 Å². The van der Waals surface area contributed by atoms with Crippen LogP contribution in [0, 0.1) is 4.91 Å². The van der Waals surface area contributed by atoms with Crippen molar-refractivity contribution >= 4 is 0 Å². The van der Waals surface area contributed by atoms with Gasteiger partial charge in [-0.05, 0) is 34.6 Å². The summed E-state index contributed by atoms with van der Waals surface area (Å²) in [6.07, 6.45) is -0.248. The van der Waals surface area contributed by atoms with Gasteiger partial charge in [0, 0.05) is 12.1 Å². The van der Waals surface area contributed by atoms with E-state index in [1.807, 2.05) is 6.92 Å². The molecule has 0 aliphatic carbocycles. The van der Waals surface area contributed by atoms with E-state index >= 15 is 0 Å². The van der Waals surface area contributed by atoms with Crippen molar-refractivity contribution in [2.45, 2.75) is 52.9 Å². The van der Waals surface area contributed by atoms with Crippen molar-refractivity contribution in [2.24, 2.45) is 5.34 Å². The minimum Gasteiger partial charge on any atom is -0.345 e. The van der Waals surface area contributed by atoms with E-state index in [-0.39, 0.29) is 6.23 Å². The van der Waals surface area contributed by atoms with Crippen LogP contribution in [0.25, 0.3) is 0 Å². The number of hydrogen-bond donors (Lipinski definition) is 0. The van der Waals surface area contributed by atoms with Crippen molar-refractivity contribution in [3.63, 3.8) is 0 Å². The Hall–Kier alpha value is -0.640. The summed E-state index contributed by atoms with van der Waals surface area (Å²) in [6.45, 7) is 10.1. The molecule has 0 amide bonds. The van der Waals surface area contributed by atoms with Crippen LogP contribution >= 0.6 is 0 Å². The molecule has 0 spiro atoms. The maximum Gasteiger partial charge on any atom is 0.182 e. The molecule has 1 atom stereocenters. The van der Waals surface area contributed by atoms with E-state index < -0.39 is 0 Å². The molecular weight excluding hydrogens is 156 g/mol. The fourth-order valence-electron chi connectivity index (χ4n) is 1.55. The first-order valence-corrected chi connectivity index (χ1v) is 4.26. The molecular formula is C8H18N2O2. The van der Waals surface area contributed by atoms with E-state index in [0.29, 0.717) is 12.1 Å². The summed E-state index contributed by atoms with van der Waals surface area (Å²) in [7, 11) is 0. The largest absolute Gasteiger partial charge is 0.345 e. The Balaban J connectivity index is 4.18. The van der Waals surface area contributed by atoms with Crippen LogP contribution in [0.15, 0.2) is 5.34 Å². The van der Waals surface area contributed by atoms with Gasteiger partial charge >= 0.3 is 0 Å². The van der Waals surface area contributed by atoms with Crippen LogP contribution in [0.3, 0.4) is 0 Å². The first-order chi connectivity index (χ1) is 5.50. The third-order valence-electron chi connectivity index (χ3n) is 1.81.